The zero-order valence-electron chi connectivity index (χ0n) is 7.81. The summed E-state index contributed by atoms with van der Waals surface area (Å²) in [6, 6.07) is 3.77. The molecule has 0 amide bonds. The molecule has 0 aromatic carbocycles. The van der Waals surface area contributed by atoms with Gasteiger partial charge < -0.3 is 0 Å². The third kappa shape index (κ3) is 1.93. The molecule has 0 spiro atoms. The topological polar surface area (TPSA) is 30.7 Å². The van der Waals surface area contributed by atoms with Gasteiger partial charge in [-0.1, -0.05) is 11.6 Å². The van der Waals surface area contributed by atoms with Gasteiger partial charge in [0.05, 0.1) is 5.69 Å². The Kier molecular flexibility index (Phi) is 2.50. The lowest BCUT2D eigenvalue weighted by Gasteiger charge is -1.99. The van der Waals surface area contributed by atoms with E-state index < -0.39 is 0 Å². The summed E-state index contributed by atoms with van der Waals surface area (Å²) in [5, 5.41) is 5.02. The third-order valence-corrected chi connectivity index (χ3v) is 2.35. The highest BCUT2D eigenvalue weighted by molar-refractivity contribution is 6.31. The molecule has 0 atom stereocenters. The van der Waals surface area contributed by atoms with Crippen molar-refractivity contribution in [1.29, 1.82) is 0 Å². The summed E-state index contributed by atoms with van der Waals surface area (Å²) in [7, 11) is 1.90. The Morgan fingerprint density at radius 2 is 2.29 bits per heavy atom. The van der Waals surface area contributed by atoms with Crippen LogP contribution >= 0.6 is 11.6 Å². The van der Waals surface area contributed by atoms with Crippen molar-refractivity contribution in [1.82, 2.24) is 14.8 Å². The van der Waals surface area contributed by atoms with Gasteiger partial charge >= 0.3 is 0 Å². The predicted octanol–water partition coefficient (Wildman–Crippen LogP) is 2.06. The van der Waals surface area contributed by atoms with Crippen LogP contribution in [0.5, 0.6) is 0 Å². The van der Waals surface area contributed by atoms with E-state index in [1.165, 1.54) is 0 Å². The highest BCUT2D eigenvalue weighted by atomic mass is 35.5. The first-order valence-corrected chi connectivity index (χ1v) is 4.70. The molecule has 2 aromatic heterocycles. The summed E-state index contributed by atoms with van der Waals surface area (Å²) in [6.07, 6.45) is 6.11. The van der Waals surface area contributed by atoms with Crippen molar-refractivity contribution in [3.63, 3.8) is 0 Å². The van der Waals surface area contributed by atoms with Gasteiger partial charge in [0.1, 0.15) is 0 Å². The zero-order valence-corrected chi connectivity index (χ0v) is 8.57. The maximum Gasteiger partial charge on any atom is 0.0669 e. The van der Waals surface area contributed by atoms with Gasteiger partial charge in [0.15, 0.2) is 0 Å². The number of hydrogen-bond acceptors (Lipinski definition) is 2. The lowest BCUT2D eigenvalue weighted by Crippen LogP contribution is -1.94. The minimum Gasteiger partial charge on any atom is -0.276 e. The first kappa shape index (κ1) is 9.21. The van der Waals surface area contributed by atoms with Crippen LogP contribution in [0.4, 0.5) is 0 Å². The van der Waals surface area contributed by atoms with Crippen LogP contribution in [0.1, 0.15) is 11.3 Å². The van der Waals surface area contributed by atoms with Gasteiger partial charge in [-0.3, -0.25) is 9.67 Å². The van der Waals surface area contributed by atoms with Crippen LogP contribution in [0.25, 0.3) is 0 Å². The van der Waals surface area contributed by atoms with Gasteiger partial charge in [0.25, 0.3) is 0 Å². The SMILES string of the molecule is Cn1ccc(Cc2cnccc2Cl)n1. The molecule has 0 fully saturated rings. The molecule has 0 N–H and O–H groups in total. The van der Waals surface area contributed by atoms with Crippen molar-refractivity contribution in [3.05, 3.63) is 47.0 Å². The van der Waals surface area contributed by atoms with E-state index in [1.54, 1.807) is 23.1 Å². The molecule has 0 aliphatic carbocycles. The summed E-state index contributed by atoms with van der Waals surface area (Å²) in [4.78, 5) is 4.03. The molecule has 2 heterocycles. The number of halogens is 1. The predicted molar refractivity (Wildman–Crippen MR) is 55.3 cm³/mol. The average Bonchev–Trinajstić information content (AvgIpc) is 2.56. The molecule has 0 unspecified atom stereocenters. The highest BCUT2D eigenvalue weighted by Crippen LogP contribution is 2.16. The quantitative estimate of drug-likeness (QED) is 0.755. The third-order valence-electron chi connectivity index (χ3n) is 1.98. The minimum atomic E-state index is 0.730. The number of nitrogens with zero attached hydrogens (tertiary/aromatic N) is 3. The Labute approximate surface area is 87.3 Å². The lowest BCUT2D eigenvalue weighted by molar-refractivity contribution is 0.749. The molecular formula is C10H10ClN3. The lowest BCUT2D eigenvalue weighted by atomic mass is 10.2. The van der Waals surface area contributed by atoms with Gasteiger partial charge in [-0.25, -0.2) is 0 Å². The zero-order chi connectivity index (χ0) is 9.97. The van der Waals surface area contributed by atoms with Crippen LogP contribution in [-0.2, 0) is 13.5 Å². The summed E-state index contributed by atoms with van der Waals surface area (Å²) in [5.74, 6) is 0. The van der Waals surface area contributed by atoms with E-state index in [1.807, 2.05) is 19.3 Å². The van der Waals surface area contributed by atoms with E-state index in [0.717, 1.165) is 22.7 Å². The second-order valence-corrected chi connectivity index (χ2v) is 3.53. The molecule has 0 aliphatic heterocycles. The molecule has 3 nitrogen and oxygen atoms in total. The van der Waals surface area contributed by atoms with Crippen LogP contribution in [0.15, 0.2) is 30.7 Å². The minimum absolute atomic E-state index is 0.730. The van der Waals surface area contributed by atoms with Gasteiger partial charge in [-0.2, -0.15) is 5.10 Å². The summed E-state index contributed by atoms with van der Waals surface area (Å²) >= 11 is 6.01. The first-order valence-electron chi connectivity index (χ1n) is 4.32. The van der Waals surface area contributed by atoms with E-state index in [2.05, 4.69) is 10.1 Å². The Bertz CT molecular complexity index is 436. The molecule has 0 saturated carbocycles. The number of aromatic nitrogens is 3. The second kappa shape index (κ2) is 3.80. The van der Waals surface area contributed by atoms with Crippen molar-refractivity contribution in [3.8, 4) is 0 Å². The molecule has 2 aromatic rings. The van der Waals surface area contributed by atoms with Gasteiger partial charge in [-0.05, 0) is 17.7 Å². The molecule has 4 heteroatoms. The average molecular weight is 208 g/mol. The maximum absolute atomic E-state index is 6.01. The highest BCUT2D eigenvalue weighted by Gasteiger charge is 2.03. The molecule has 72 valence electrons. The Balaban J connectivity index is 2.23. The number of pyridine rings is 1. The van der Waals surface area contributed by atoms with E-state index >= 15 is 0 Å². The second-order valence-electron chi connectivity index (χ2n) is 3.12. The largest absolute Gasteiger partial charge is 0.276 e. The van der Waals surface area contributed by atoms with Gasteiger partial charge in [-0.15, -0.1) is 0 Å². The molecule has 0 saturated heterocycles. The van der Waals surface area contributed by atoms with Gasteiger partial charge in [0, 0.05) is 37.1 Å². The molecule has 0 bridgehead atoms. The van der Waals surface area contributed by atoms with Crippen molar-refractivity contribution >= 4 is 11.6 Å². The number of rotatable bonds is 2. The van der Waals surface area contributed by atoms with Crippen molar-refractivity contribution in [2.24, 2.45) is 7.05 Å². The Morgan fingerprint density at radius 3 is 2.93 bits per heavy atom. The summed E-state index contributed by atoms with van der Waals surface area (Å²) < 4.78 is 1.78. The molecule has 2 rings (SSSR count). The van der Waals surface area contributed by atoms with Crippen LogP contribution in [0, 0.1) is 0 Å². The normalized spacial score (nSPS) is 10.4. The van der Waals surface area contributed by atoms with Crippen molar-refractivity contribution in [2.75, 3.05) is 0 Å². The molecule has 0 radical (unpaired) electrons. The van der Waals surface area contributed by atoms with Crippen molar-refractivity contribution < 1.29 is 0 Å². The fraction of sp³-hybridized carbons (Fsp3) is 0.200. The monoisotopic (exact) mass is 207 g/mol. The fourth-order valence-electron chi connectivity index (χ4n) is 1.29. The van der Waals surface area contributed by atoms with E-state index in [0.29, 0.717) is 0 Å². The standard InChI is InChI=1S/C10H10ClN3/c1-14-5-3-9(13-14)6-8-7-12-4-2-10(8)11/h2-5,7H,6H2,1H3. The van der Waals surface area contributed by atoms with E-state index in [-0.39, 0.29) is 0 Å². The maximum atomic E-state index is 6.01. The number of aryl methyl sites for hydroxylation is 1. The van der Waals surface area contributed by atoms with Gasteiger partial charge in [0.2, 0.25) is 0 Å². The fourth-order valence-corrected chi connectivity index (χ4v) is 1.46. The van der Waals surface area contributed by atoms with Crippen LogP contribution in [-0.4, -0.2) is 14.8 Å². The Hall–Kier alpha value is -1.35. The summed E-state index contributed by atoms with van der Waals surface area (Å²) in [6.45, 7) is 0. The smallest absolute Gasteiger partial charge is 0.0669 e. The first-order chi connectivity index (χ1) is 6.75. The molecular weight excluding hydrogens is 198 g/mol. The van der Waals surface area contributed by atoms with Crippen LogP contribution in [0.2, 0.25) is 5.02 Å². The molecule has 0 aliphatic rings. The Morgan fingerprint density at radius 1 is 1.43 bits per heavy atom. The van der Waals surface area contributed by atoms with Crippen molar-refractivity contribution in [2.45, 2.75) is 6.42 Å². The van der Waals surface area contributed by atoms with Crippen LogP contribution < -0.4 is 0 Å². The summed E-state index contributed by atoms with van der Waals surface area (Å²) in [5.41, 5.74) is 2.01. The number of hydrogen-bond donors (Lipinski definition) is 0. The van der Waals surface area contributed by atoms with Crippen LogP contribution in [0.3, 0.4) is 0 Å². The van der Waals surface area contributed by atoms with E-state index in [9.17, 15) is 0 Å². The molecule has 14 heavy (non-hydrogen) atoms. The van der Waals surface area contributed by atoms with E-state index in [4.69, 9.17) is 11.6 Å².